The van der Waals surface area contributed by atoms with Gasteiger partial charge in [0.15, 0.2) is 0 Å². The molecule has 1 saturated heterocycles. The third-order valence-electron chi connectivity index (χ3n) is 3.75. The lowest BCUT2D eigenvalue weighted by atomic mass is 10.1. The van der Waals surface area contributed by atoms with Gasteiger partial charge < -0.3 is 10.5 Å². The van der Waals surface area contributed by atoms with Crippen molar-refractivity contribution in [2.24, 2.45) is 5.73 Å². The predicted octanol–water partition coefficient (Wildman–Crippen LogP) is 2.53. The van der Waals surface area contributed by atoms with Gasteiger partial charge in [-0.15, -0.1) is 0 Å². The van der Waals surface area contributed by atoms with Crippen LogP contribution in [0.4, 0.5) is 0 Å². The maximum Gasteiger partial charge on any atom is 0.0710 e. The van der Waals surface area contributed by atoms with Crippen LogP contribution >= 0.6 is 0 Å². The average molecular weight is 262 g/mol. The van der Waals surface area contributed by atoms with Crippen LogP contribution in [0.15, 0.2) is 24.3 Å². The van der Waals surface area contributed by atoms with E-state index in [1.165, 1.54) is 17.5 Å². The molecule has 2 N–H and O–H groups in total. The van der Waals surface area contributed by atoms with Crippen molar-refractivity contribution in [3.63, 3.8) is 0 Å². The summed E-state index contributed by atoms with van der Waals surface area (Å²) in [5.41, 5.74) is 8.26. The largest absolute Gasteiger partial charge is 0.371 e. The molecule has 19 heavy (non-hydrogen) atoms. The third-order valence-corrected chi connectivity index (χ3v) is 3.75. The third kappa shape index (κ3) is 4.30. The molecule has 0 amide bonds. The lowest BCUT2D eigenvalue weighted by molar-refractivity contribution is -0.0267. The molecule has 106 valence electrons. The highest BCUT2D eigenvalue weighted by molar-refractivity contribution is 5.23. The van der Waals surface area contributed by atoms with E-state index in [-0.39, 0.29) is 5.60 Å². The molecule has 1 aliphatic rings. The second-order valence-corrected chi connectivity index (χ2v) is 6.26. The fourth-order valence-electron chi connectivity index (χ4n) is 2.79. The average Bonchev–Trinajstić information content (AvgIpc) is 2.68. The number of nitrogens with two attached hydrogens (primary N) is 1. The van der Waals surface area contributed by atoms with Gasteiger partial charge in [-0.2, -0.15) is 0 Å². The SMILES string of the molecule is CN(Cc1cccc(CN)c1)CC1CCC(C)(C)O1. The van der Waals surface area contributed by atoms with Crippen LogP contribution in [0.2, 0.25) is 0 Å². The van der Waals surface area contributed by atoms with Gasteiger partial charge in [0.05, 0.1) is 11.7 Å². The Morgan fingerprint density at radius 2 is 2.11 bits per heavy atom. The molecular formula is C16H26N2O. The summed E-state index contributed by atoms with van der Waals surface area (Å²) in [6, 6.07) is 8.51. The van der Waals surface area contributed by atoms with Gasteiger partial charge in [-0.25, -0.2) is 0 Å². The van der Waals surface area contributed by atoms with E-state index in [2.05, 4.69) is 50.1 Å². The van der Waals surface area contributed by atoms with E-state index in [1.54, 1.807) is 0 Å². The number of hydrogen-bond donors (Lipinski definition) is 1. The van der Waals surface area contributed by atoms with Gasteiger partial charge in [0, 0.05) is 19.6 Å². The van der Waals surface area contributed by atoms with Crippen molar-refractivity contribution in [3.8, 4) is 0 Å². The van der Waals surface area contributed by atoms with Crippen molar-refractivity contribution in [3.05, 3.63) is 35.4 Å². The van der Waals surface area contributed by atoms with E-state index in [0.717, 1.165) is 19.5 Å². The number of hydrogen-bond acceptors (Lipinski definition) is 3. The molecule has 0 bridgehead atoms. The zero-order chi connectivity index (χ0) is 13.9. The van der Waals surface area contributed by atoms with Crippen LogP contribution < -0.4 is 5.73 Å². The number of likely N-dealkylation sites (N-methyl/N-ethyl adjacent to an activating group) is 1. The van der Waals surface area contributed by atoms with Crippen LogP contribution in [0.3, 0.4) is 0 Å². The summed E-state index contributed by atoms with van der Waals surface area (Å²) in [6.07, 6.45) is 2.70. The monoisotopic (exact) mass is 262 g/mol. The Hall–Kier alpha value is -0.900. The first-order valence-electron chi connectivity index (χ1n) is 7.13. The Morgan fingerprint density at radius 3 is 2.74 bits per heavy atom. The van der Waals surface area contributed by atoms with Gasteiger partial charge in [-0.3, -0.25) is 4.90 Å². The first-order valence-corrected chi connectivity index (χ1v) is 7.13. The molecule has 0 aliphatic carbocycles. The van der Waals surface area contributed by atoms with E-state index < -0.39 is 0 Å². The molecule has 1 aliphatic heterocycles. The molecule has 0 aromatic heterocycles. The van der Waals surface area contributed by atoms with Crippen molar-refractivity contribution in [2.75, 3.05) is 13.6 Å². The normalized spacial score (nSPS) is 22.1. The lowest BCUT2D eigenvalue weighted by Gasteiger charge is -2.24. The van der Waals surface area contributed by atoms with Gasteiger partial charge in [-0.05, 0) is 44.9 Å². The van der Waals surface area contributed by atoms with Crippen LogP contribution in [0.1, 0.15) is 37.8 Å². The summed E-state index contributed by atoms with van der Waals surface area (Å²) in [5, 5.41) is 0. The van der Waals surface area contributed by atoms with Gasteiger partial charge in [0.2, 0.25) is 0 Å². The van der Waals surface area contributed by atoms with Crippen LogP contribution in [0.5, 0.6) is 0 Å². The van der Waals surface area contributed by atoms with E-state index in [1.807, 2.05) is 0 Å². The zero-order valence-corrected chi connectivity index (χ0v) is 12.4. The fraction of sp³-hybridized carbons (Fsp3) is 0.625. The summed E-state index contributed by atoms with van der Waals surface area (Å²) >= 11 is 0. The Morgan fingerprint density at radius 1 is 1.37 bits per heavy atom. The second-order valence-electron chi connectivity index (χ2n) is 6.26. The van der Waals surface area contributed by atoms with Crippen molar-refractivity contribution in [2.45, 2.75) is 51.5 Å². The predicted molar refractivity (Wildman–Crippen MR) is 78.9 cm³/mol. The first kappa shape index (κ1) is 14.5. The molecule has 0 radical (unpaired) electrons. The van der Waals surface area contributed by atoms with Gasteiger partial charge >= 0.3 is 0 Å². The molecular weight excluding hydrogens is 236 g/mol. The molecule has 1 atom stereocenters. The number of nitrogens with zero attached hydrogens (tertiary/aromatic N) is 1. The Balaban J connectivity index is 1.85. The molecule has 1 fully saturated rings. The van der Waals surface area contributed by atoms with Crippen LogP contribution in [0, 0.1) is 0 Å². The summed E-state index contributed by atoms with van der Waals surface area (Å²) in [7, 11) is 2.16. The zero-order valence-electron chi connectivity index (χ0n) is 12.4. The van der Waals surface area contributed by atoms with E-state index in [4.69, 9.17) is 10.5 Å². The standard InChI is InChI=1S/C16H26N2O/c1-16(2)8-7-15(19-16)12-18(3)11-14-6-4-5-13(9-14)10-17/h4-6,9,15H,7-8,10-12,17H2,1-3H3. The first-order chi connectivity index (χ1) is 8.98. The van der Waals surface area contributed by atoms with Gasteiger partial charge in [0.25, 0.3) is 0 Å². The Kier molecular flexibility index (Phi) is 4.61. The molecule has 1 aromatic carbocycles. The molecule has 0 saturated carbocycles. The second kappa shape index (κ2) is 6.04. The molecule has 1 heterocycles. The maximum absolute atomic E-state index is 6.04. The summed E-state index contributed by atoms with van der Waals surface area (Å²) in [4.78, 5) is 2.34. The van der Waals surface area contributed by atoms with Gasteiger partial charge in [0.1, 0.15) is 0 Å². The van der Waals surface area contributed by atoms with E-state index in [9.17, 15) is 0 Å². The number of benzene rings is 1. The summed E-state index contributed by atoms with van der Waals surface area (Å²) < 4.78 is 6.04. The minimum absolute atomic E-state index is 0.0605. The maximum atomic E-state index is 6.04. The van der Waals surface area contributed by atoms with E-state index in [0.29, 0.717) is 12.6 Å². The fourth-order valence-corrected chi connectivity index (χ4v) is 2.79. The number of rotatable bonds is 5. The summed E-state index contributed by atoms with van der Waals surface area (Å²) in [6.45, 7) is 6.91. The van der Waals surface area contributed by atoms with Crippen LogP contribution in [0.25, 0.3) is 0 Å². The smallest absolute Gasteiger partial charge is 0.0710 e. The van der Waals surface area contributed by atoms with Gasteiger partial charge in [-0.1, -0.05) is 24.3 Å². The molecule has 3 nitrogen and oxygen atoms in total. The molecule has 0 spiro atoms. The van der Waals surface area contributed by atoms with E-state index >= 15 is 0 Å². The molecule has 1 unspecified atom stereocenters. The minimum Gasteiger partial charge on any atom is -0.371 e. The highest BCUT2D eigenvalue weighted by Crippen LogP contribution is 2.29. The Labute approximate surface area is 116 Å². The van der Waals surface area contributed by atoms with Crippen molar-refractivity contribution >= 4 is 0 Å². The topological polar surface area (TPSA) is 38.5 Å². The number of ether oxygens (including phenoxy) is 1. The van der Waals surface area contributed by atoms with Crippen molar-refractivity contribution < 1.29 is 4.74 Å². The quantitative estimate of drug-likeness (QED) is 0.886. The summed E-state index contributed by atoms with van der Waals surface area (Å²) in [5.74, 6) is 0. The molecule has 3 heteroatoms. The molecule has 2 rings (SSSR count). The molecule has 1 aromatic rings. The highest BCUT2D eigenvalue weighted by atomic mass is 16.5. The Bertz CT molecular complexity index is 417. The highest BCUT2D eigenvalue weighted by Gasteiger charge is 2.31. The lowest BCUT2D eigenvalue weighted by Crippen LogP contribution is -2.30. The van der Waals surface area contributed by atoms with Crippen LogP contribution in [-0.4, -0.2) is 30.2 Å². The minimum atomic E-state index is 0.0605. The van der Waals surface area contributed by atoms with Crippen molar-refractivity contribution in [1.82, 2.24) is 4.90 Å². The van der Waals surface area contributed by atoms with Crippen LogP contribution in [-0.2, 0) is 17.8 Å². The van der Waals surface area contributed by atoms with Crippen molar-refractivity contribution in [1.29, 1.82) is 0 Å².